The highest BCUT2D eigenvalue weighted by molar-refractivity contribution is 6.29. The lowest BCUT2D eigenvalue weighted by Crippen LogP contribution is -2.44. The fourth-order valence-electron chi connectivity index (χ4n) is 2.75. The fourth-order valence-corrected chi connectivity index (χ4v) is 2.87. The number of hydrogen-bond acceptors (Lipinski definition) is 4. The molecule has 1 aromatic heterocycles. The lowest BCUT2D eigenvalue weighted by molar-refractivity contribution is -0.184. The first-order valence-corrected chi connectivity index (χ1v) is 8.30. The summed E-state index contributed by atoms with van der Waals surface area (Å²) >= 11 is 5.62. The molecule has 5 nitrogen and oxygen atoms in total. The van der Waals surface area contributed by atoms with Crippen LogP contribution in [0.25, 0.3) is 0 Å². The van der Waals surface area contributed by atoms with E-state index >= 15 is 0 Å². The maximum absolute atomic E-state index is 14.2. The highest BCUT2D eigenvalue weighted by Gasteiger charge is 2.49. The van der Waals surface area contributed by atoms with Gasteiger partial charge in [0.1, 0.15) is 23.0 Å². The Balaban J connectivity index is 2.14. The molecule has 3 atom stereocenters. The van der Waals surface area contributed by atoms with Gasteiger partial charge < -0.3 is 10.1 Å². The number of carbonyl (C=O) groups excluding carboxylic acids is 1. The predicted molar refractivity (Wildman–Crippen MR) is 87.7 cm³/mol. The van der Waals surface area contributed by atoms with Crippen LogP contribution in [0, 0.1) is 0 Å². The number of alkyl halides is 4. The second-order valence-corrected chi connectivity index (χ2v) is 7.47. The molecule has 1 aliphatic heterocycles. The van der Waals surface area contributed by atoms with Crippen LogP contribution in [-0.4, -0.2) is 53.1 Å². The topological polar surface area (TPSA) is 54.5 Å². The molecule has 0 spiro atoms. The molecule has 1 amide bonds. The number of likely N-dealkylation sites (tertiary alicyclic amines) is 1. The Hall–Kier alpha value is -1.61. The lowest BCUT2D eigenvalue weighted by atomic mass is 10.1. The Morgan fingerprint density at radius 3 is 2.50 bits per heavy atom. The molecule has 1 unspecified atom stereocenters. The van der Waals surface area contributed by atoms with Gasteiger partial charge in [-0.3, -0.25) is 4.90 Å². The third kappa shape index (κ3) is 5.44. The lowest BCUT2D eigenvalue weighted by Gasteiger charge is -2.29. The first kappa shape index (κ1) is 20.7. The van der Waals surface area contributed by atoms with Crippen LogP contribution in [0.3, 0.4) is 0 Å². The highest BCUT2D eigenvalue weighted by atomic mass is 35.5. The van der Waals surface area contributed by atoms with Crippen molar-refractivity contribution in [1.82, 2.24) is 15.2 Å². The van der Waals surface area contributed by atoms with Crippen LogP contribution in [0.2, 0.25) is 5.15 Å². The minimum Gasteiger partial charge on any atom is -0.444 e. The molecule has 0 saturated carbocycles. The van der Waals surface area contributed by atoms with Crippen LogP contribution in [0.1, 0.15) is 32.4 Å². The molecule has 10 heteroatoms. The fraction of sp³-hybridized carbons (Fsp3) is 0.625. The zero-order chi connectivity index (χ0) is 19.7. The van der Waals surface area contributed by atoms with E-state index in [1.54, 1.807) is 20.8 Å². The number of nitrogens with one attached hydrogen (secondary N) is 1. The van der Waals surface area contributed by atoms with Crippen molar-refractivity contribution in [3.05, 3.63) is 29.0 Å². The molecule has 1 aliphatic rings. The Morgan fingerprint density at radius 2 is 2.00 bits per heavy atom. The molecule has 2 heterocycles. The predicted octanol–water partition coefficient (Wildman–Crippen LogP) is 3.89. The van der Waals surface area contributed by atoms with Crippen LogP contribution < -0.4 is 5.32 Å². The summed E-state index contributed by atoms with van der Waals surface area (Å²) < 4.78 is 60.0. The number of halogens is 5. The molecular formula is C16H20ClF4N3O2. The van der Waals surface area contributed by atoms with E-state index in [2.05, 4.69) is 10.3 Å². The van der Waals surface area contributed by atoms with Crippen molar-refractivity contribution in [2.75, 3.05) is 13.1 Å². The van der Waals surface area contributed by atoms with Gasteiger partial charge in [0.05, 0.1) is 6.04 Å². The largest absolute Gasteiger partial charge is 0.444 e. The summed E-state index contributed by atoms with van der Waals surface area (Å²) in [5.41, 5.74) is -0.940. The zero-order valence-corrected chi connectivity index (χ0v) is 15.2. The van der Waals surface area contributed by atoms with Crippen LogP contribution in [0.4, 0.5) is 22.4 Å². The van der Waals surface area contributed by atoms with Crippen LogP contribution in [0.5, 0.6) is 0 Å². The van der Waals surface area contributed by atoms with Crippen molar-refractivity contribution in [3.63, 3.8) is 0 Å². The first-order valence-electron chi connectivity index (χ1n) is 7.92. The Morgan fingerprint density at radius 1 is 1.35 bits per heavy atom. The molecule has 0 aliphatic carbocycles. The summed E-state index contributed by atoms with van der Waals surface area (Å²) in [4.78, 5) is 16.4. The molecule has 1 aromatic rings. The van der Waals surface area contributed by atoms with Crippen molar-refractivity contribution < 1.29 is 27.1 Å². The first-order chi connectivity index (χ1) is 11.9. The maximum Gasteiger partial charge on any atom is 0.408 e. The van der Waals surface area contributed by atoms with E-state index in [9.17, 15) is 22.4 Å². The molecule has 1 saturated heterocycles. The summed E-state index contributed by atoms with van der Waals surface area (Å²) in [7, 11) is 0. The van der Waals surface area contributed by atoms with Crippen molar-refractivity contribution in [1.29, 1.82) is 0 Å². The van der Waals surface area contributed by atoms with Crippen molar-refractivity contribution >= 4 is 17.7 Å². The average molecular weight is 398 g/mol. The summed E-state index contributed by atoms with van der Waals surface area (Å²) in [6, 6.07) is -0.698. The molecule has 0 bridgehead atoms. The van der Waals surface area contributed by atoms with Crippen molar-refractivity contribution in [3.8, 4) is 0 Å². The van der Waals surface area contributed by atoms with Crippen LogP contribution in [-0.2, 0) is 4.74 Å². The second kappa shape index (κ2) is 7.56. The van der Waals surface area contributed by atoms with Gasteiger partial charge in [0.15, 0.2) is 0 Å². The van der Waals surface area contributed by atoms with E-state index in [0.29, 0.717) is 0 Å². The molecule has 1 fully saturated rings. The number of amides is 1. The van der Waals surface area contributed by atoms with Gasteiger partial charge in [-0.2, -0.15) is 13.2 Å². The Bertz CT molecular complexity index is 634. The number of alkyl carbamates (subject to hydrolysis) is 1. The van der Waals surface area contributed by atoms with Gasteiger partial charge in [0, 0.05) is 19.3 Å². The second-order valence-electron chi connectivity index (χ2n) is 7.08. The summed E-state index contributed by atoms with van der Waals surface area (Å²) in [6.07, 6.45) is -6.16. The number of aromatic nitrogens is 1. The summed E-state index contributed by atoms with van der Waals surface area (Å²) in [6.45, 7) is 4.11. The number of pyridine rings is 1. The van der Waals surface area contributed by atoms with Crippen molar-refractivity contribution in [2.24, 2.45) is 0 Å². The normalized spacial score (nSPS) is 22.9. The smallest absolute Gasteiger partial charge is 0.408 e. The minimum atomic E-state index is -4.64. The van der Waals surface area contributed by atoms with E-state index < -0.39 is 42.7 Å². The van der Waals surface area contributed by atoms with Crippen LogP contribution in [0.15, 0.2) is 18.3 Å². The molecule has 0 radical (unpaired) electrons. The van der Waals surface area contributed by atoms with Gasteiger partial charge >= 0.3 is 12.3 Å². The Labute approximate surface area is 153 Å². The van der Waals surface area contributed by atoms with E-state index in [-0.39, 0.29) is 17.3 Å². The van der Waals surface area contributed by atoms with E-state index in [0.717, 1.165) is 11.1 Å². The third-order valence-corrected chi connectivity index (χ3v) is 3.94. The van der Waals surface area contributed by atoms with Gasteiger partial charge in [-0.1, -0.05) is 17.7 Å². The van der Waals surface area contributed by atoms with Gasteiger partial charge in [-0.25, -0.2) is 14.2 Å². The quantitative estimate of drug-likeness (QED) is 0.621. The highest BCUT2D eigenvalue weighted by Crippen LogP contribution is 2.39. The average Bonchev–Trinajstić information content (AvgIpc) is 2.78. The molecule has 26 heavy (non-hydrogen) atoms. The van der Waals surface area contributed by atoms with E-state index in [1.807, 2.05) is 0 Å². The number of hydrogen-bond donors (Lipinski definition) is 1. The van der Waals surface area contributed by atoms with Crippen LogP contribution >= 0.6 is 11.6 Å². The maximum atomic E-state index is 14.2. The molecule has 146 valence electrons. The molecule has 0 aromatic carbocycles. The number of carbonyl (C=O) groups is 1. The standard InChI is InChI=1S/C16H20ClF4N3O2/c1-15(2,3)26-14(25)23-11-8-24(7-10(11)18)13(16(19,20)21)9-4-5-12(17)22-6-9/h4-6,10-11,13H,7-8H2,1-3H3,(H,23,25)/t10?,11-,13+/m0/s1. The van der Waals surface area contributed by atoms with Gasteiger partial charge in [-0.15, -0.1) is 0 Å². The third-order valence-electron chi connectivity index (χ3n) is 3.72. The van der Waals surface area contributed by atoms with E-state index in [4.69, 9.17) is 16.3 Å². The number of ether oxygens (including phenoxy) is 1. The van der Waals surface area contributed by atoms with Gasteiger partial charge in [-0.05, 0) is 32.4 Å². The number of rotatable bonds is 3. The zero-order valence-electron chi connectivity index (χ0n) is 14.5. The van der Waals surface area contributed by atoms with Crippen molar-refractivity contribution in [2.45, 2.75) is 50.8 Å². The van der Waals surface area contributed by atoms with Gasteiger partial charge in [0.2, 0.25) is 0 Å². The SMILES string of the molecule is CC(C)(C)OC(=O)N[C@H]1CN([C@H](c2ccc(Cl)nc2)C(F)(F)F)CC1F. The van der Waals surface area contributed by atoms with E-state index in [1.165, 1.54) is 12.1 Å². The Kier molecular flexibility index (Phi) is 6.02. The molecular weight excluding hydrogens is 378 g/mol. The summed E-state index contributed by atoms with van der Waals surface area (Å²) in [5.74, 6) is 0. The monoisotopic (exact) mass is 397 g/mol. The number of nitrogens with zero attached hydrogens (tertiary/aromatic N) is 2. The summed E-state index contributed by atoms with van der Waals surface area (Å²) in [5, 5.41) is 2.36. The molecule has 1 N–H and O–H groups in total. The minimum absolute atomic E-state index is 0.0592. The van der Waals surface area contributed by atoms with Gasteiger partial charge in [0.25, 0.3) is 0 Å². The molecule has 2 rings (SSSR count).